The van der Waals surface area contributed by atoms with E-state index in [1.54, 1.807) is 12.1 Å². The Balaban J connectivity index is 2.17. The van der Waals surface area contributed by atoms with E-state index in [2.05, 4.69) is 0 Å². The first-order chi connectivity index (χ1) is 15.1. The van der Waals surface area contributed by atoms with E-state index in [4.69, 9.17) is 16.3 Å². The molecule has 9 heteroatoms. The van der Waals surface area contributed by atoms with Gasteiger partial charge >= 0.3 is 5.97 Å². The van der Waals surface area contributed by atoms with Crippen LogP contribution in [0.3, 0.4) is 0 Å². The van der Waals surface area contributed by atoms with Crippen LogP contribution >= 0.6 is 11.6 Å². The summed E-state index contributed by atoms with van der Waals surface area (Å²) in [5.74, 6) is -2.98. The molecule has 1 heterocycles. The molecule has 8 nitrogen and oxygen atoms in total. The third kappa shape index (κ3) is 4.46. The number of aliphatic hydroxyl groups is 1. The summed E-state index contributed by atoms with van der Waals surface area (Å²) in [5, 5.41) is 21.5. The highest BCUT2D eigenvalue weighted by molar-refractivity contribution is 6.46. The highest BCUT2D eigenvalue weighted by Crippen LogP contribution is 2.41. The minimum atomic E-state index is -0.917. The van der Waals surface area contributed by atoms with E-state index in [9.17, 15) is 24.6 Å². The van der Waals surface area contributed by atoms with E-state index in [1.165, 1.54) is 42.3 Å². The van der Waals surface area contributed by atoms with Gasteiger partial charge in [0.15, 0.2) is 0 Å². The number of methoxy groups -OCH3 is 1. The van der Waals surface area contributed by atoms with Gasteiger partial charge in [0, 0.05) is 18.1 Å². The third-order valence-electron chi connectivity index (χ3n) is 5.19. The second-order valence-electron chi connectivity index (χ2n) is 7.57. The number of likely N-dealkylation sites (N-methyl/N-ethyl adjacent to an activating group) is 1. The molecule has 1 aliphatic heterocycles. The van der Waals surface area contributed by atoms with E-state index in [-0.39, 0.29) is 28.5 Å². The second kappa shape index (κ2) is 9.42. The van der Waals surface area contributed by atoms with E-state index in [0.717, 1.165) is 0 Å². The van der Waals surface area contributed by atoms with Crippen LogP contribution in [0.4, 0.5) is 0 Å². The van der Waals surface area contributed by atoms with Gasteiger partial charge in [-0.25, -0.2) is 4.79 Å². The highest BCUT2D eigenvalue weighted by Gasteiger charge is 2.46. The van der Waals surface area contributed by atoms with Crippen LogP contribution in [0, 0.1) is 0 Å². The van der Waals surface area contributed by atoms with Gasteiger partial charge in [0.1, 0.15) is 11.5 Å². The Bertz CT molecular complexity index is 1090. The predicted octanol–water partition coefficient (Wildman–Crippen LogP) is 2.82. The summed E-state index contributed by atoms with van der Waals surface area (Å²) in [6, 6.07) is 9.35. The number of aliphatic hydroxyl groups excluding tert-OH is 1. The number of amides is 1. The topological polar surface area (TPSA) is 107 Å². The first-order valence-corrected chi connectivity index (χ1v) is 10.1. The van der Waals surface area contributed by atoms with Gasteiger partial charge in [-0.15, -0.1) is 0 Å². The summed E-state index contributed by atoms with van der Waals surface area (Å²) in [6.07, 6.45) is 0. The highest BCUT2D eigenvalue weighted by atomic mass is 35.5. The van der Waals surface area contributed by atoms with Crippen LogP contribution in [0.2, 0.25) is 5.02 Å². The number of carbonyl (C=O) groups excluding carboxylic acids is 3. The monoisotopic (exact) mass is 458 g/mol. The van der Waals surface area contributed by atoms with E-state index in [0.29, 0.717) is 17.7 Å². The number of hydrogen-bond donors (Lipinski definition) is 2. The summed E-state index contributed by atoms with van der Waals surface area (Å²) in [7, 11) is 4.94. The lowest BCUT2D eigenvalue weighted by Crippen LogP contribution is -2.35. The summed E-state index contributed by atoms with van der Waals surface area (Å²) >= 11 is 6.00. The van der Waals surface area contributed by atoms with Crippen molar-refractivity contribution in [2.75, 3.05) is 34.3 Å². The molecule has 2 aromatic rings. The molecule has 32 heavy (non-hydrogen) atoms. The fraction of sp³-hybridized carbons (Fsp3) is 0.261. The summed E-state index contributed by atoms with van der Waals surface area (Å²) < 4.78 is 4.71. The van der Waals surface area contributed by atoms with Crippen LogP contribution in [-0.4, -0.2) is 72.0 Å². The number of ketones is 1. The molecule has 1 fully saturated rings. The number of phenolic OH excluding ortho intramolecular Hbond substituents is 1. The molecule has 2 aromatic carbocycles. The molecule has 168 valence electrons. The third-order valence-corrected chi connectivity index (χ3v) is 5.42. The molecule has 0 aliphatic carbocycles. The van der Waals surface area contributed by atoms with Crippen molar-refractivity contribution in [1.82, 2.24) is 9.80 Å². The average molecular weight is 459 g/mol. The van der Waals surface area contributed by atoms with Crippen molar-refractivity contribution < 1.29 is 29.3 Å². The summed E-state index contributed by atoms with van der Waals surface area (Å²) in [5.41, 5.74) is 0.587. The maximum atomic E-state index is 13.0. The fourth-order valence-electron chi connectivity index (χ4n) is 3.53. The summed E-state index contributed by atoms with van der Waals surface area (Å²) in [4.78, 5) is 40.8. The standard InChI is InChI=1S/C23H23ClN2O6/c1-25(2)10-11-26-19(13-4-6-14(7-5-13)23(31)32-3)18(21(29)22(26)30)20(28)16-12-15(24)8-9-17(16)27/h4-9,12,19,27-28H,10-11H2,1-3H3/b20-18+. The Labute approximate surface area is 190 Å². The lowest BCUT2D eigenvalue weighted by Gasteiger charge is -2.26. The average Bonchev–Trinajstić information content (AvgIpc) is 3.03. The zero-order valence-corrected chi connectivity index (χ0v) is 18.6. The number of Topliss-reactive ketones (excluding diaryl/α,β-unsaturated/α-hetero) is 1. The van der Waals surface area contributed by atoms with Gasteiger partial charge in [0.2, 0.25) is 0 Å². The zero-order chi connectivity index (χ0) is 23.6. The van der Waals surface area contributed by atoms with Gasteiger partial charge < -0.3 is 24.7 Å². The number of esters is 1. The number of rotatable bonds is 6. The van der Waals surface area contributed by atoms with E-state index in [1.807, 2.05) is 19.0 Å². The number of ether oxygens (including phenoxy) is 1. The first kappa shape index (κ1) is 23.3. The Morgan fingerprint density at radius 3 is 2.41 bits per heavy atom. The molecule has 0 spiro atoms. The number of carbonyl (C=O) groups is 3. The van der Waals surface area contributed by atoms with Crippen LogP contribution < -0.4 is 0 Å². The SMILES string of the molecule is COC(=O)c1ccc(C2/C(=C(\O)c3cc(Cl)ccc3O)C(=O)C(=O)N2CCN(C)C)cc1. The molecule has 3 rings (SSSR count). The Morgan fingerprint density at radius 2 is 1.81 bits per heavy atom. The van der Waals surface area contributed by atoms with Crippen LogP contribution in [0.25, 0.3) is 5.76 Å². The van der Waals surface area contributed by atoms with Crippen LogP contribution in [-0.2, 0) is 14.3 Å². The van der Waals surface area contributed by atoms with Crippen molar-refractivity contribution in [1.29, 1.82) is 0 Å². The van der Waals surface area contributed by atoms with Gasteiger partial charge in [-0.2, -0.15) is 0 Å². The van der Waals surface area contributed by atoms with Gasteiger partial charge in [-0.05, 0) is 50.0 Å². The lowest BCUT2D eigenvalue weighted by molar-refractivity contribution is -0.140. The van der Waals surface area contributed by atoms with Crippen LogP contribution in [0.1, 0.15) is 27.5 Å². The number of aromatic hydroxyl groups is 1. The largest absolute Gasteiger partial charge is 0.507 e. The van der Waals surface area contributed by atoms with Crippen molar-refractivity contribution in [3.05, 3.63) is 69.8 Å². The molecular weight excluding hydrogens is 436 g/mol. The first-order valence-electron chi connectivity index (χ1n) is 9.76. The molecule has 0 aromatic heterocycles. The second-order valence-corrected chi connectivity index (χ2v) is 8.01. The molecule has 1 saturated heterocycles. The number of phenols is 1. The molecule has 1 aliphatic rings. The van der Waals surface area contributed by atoms with Crippen molar-refractivity contribution in [3.63, 3.8) is 0 Å². The van der Waals surface area contributed by atoms with E-state index < -0.39 is 29.5 Å². The predicted molar refractivity (Wildman–Crippen MR) is 118 cm³/mol. The molecular formula is C23H23ClN2O6. The van der Waals surface area contributed by atoms with Crippen molar-refractivity contribution in [3.8, 4) is 5.75 Å². The van der Waals surface area contributed by atoms with Crippen molar-refractivity contribution in [2.24, 2.45) is 0 Å². The number of benzene rings is 2. The van der Waals surface area contributed by atoms with Gasteiger partial charge in [-0.1, -0.05) is 23.7 Å². The van der Waals surface area contributed by atoms with Crippen molar-refractivity contribution in [2.45, 2.75) is 6.04 Å². The molecule has 0 bridgehead atoms. The number of nitrogens with zero attached hydrogens (tertiary/aromatic N) is 2. The van der Waals surface area contributed by atoms with Crippen LogP contribution in [0.5, 0.6) is 5.75 Å². The Hall–Kier alpha value is -3.36. The van der Waals surface area contributed by atoms with Gasteiger partial charge in [-0.3, -0.25) is 9.59 Å². The summed E-state index contributed by atoms with van der Waals surface area (Å²) in [6.45, 7) is 0.700. The van der Waals surface area contributed by atoms with Gasteiger partial charge in [0.25, 0.3) is 11.7 Å². The maximum Gasteiger partial charge on any atom is 0.337 e. The molecule has 1 unspecified atom stereocenters. The Kier molecular flexibility index (Phi) is 6.86. The molecule has 1 amide bonds. The van der Waals surface area contributed by atoms with Gasteiger partial charge in [0.05, 0.1) is 29.9 Å². The Morgan fingerprint density at radius 1 is 1.16 bits per heavy atom. The number of likely N-dealkylation sites (tertiary alicyclic amines) is 1. The molecule has 1 atom stereocenters. The number of halogens is 1. The minimum absolute atomic E-state index is 0.0562. The molecule has 0 saturated carbocycles. The normalized spacial score (nSPS) is 17.8. The maximum absolute atomic E-state index is 13.0. The lowest BCUT2D eigenvalue weighted by atomic mass is 9.94. The fourth-order valence-corrected chi connectivity index (χ4v) is 3.70. The quantitative estimate of drug-likeness (QED) is 0.296. The zero-order valence-electron chi connectivity index (χ0n) is 17.8. The van der Waals surface area contributed by atoms with E-state index >= 15 is 0 Å². The molecule has 0 radical (unpaired) electrons. The smallest absolute Gasteiger partial charge is 0.337 e. The molecule has 2 N–H and O–H groups in total. The minimum Gasteiger partial charge on any atom is -0.507 e. The van der Waals surface area contributed by atoms with Crippen LogP contribution in [0.15, 0.2) is 48.0 Å². The number of hydrogen-bond acceptors (Lipinski definition) is 7. The van der Waals surface area contributed by atoms with Crippen molar-refractivity contribution >= 4 is 35.0 Å².